The number of aromatic nitrogens is 12. The molecule has 27 heteroatoms. The summed E-state index contributed by atoms with van der Waals surface area (Å²) >= 11 is 0. The van der Waals surface area contributed by atoms with Crippen molar-refractivity contribution in [2.24, 2.45) is 38.5 Å². The molecule has 21 nitrogen and oxygen atoms in total. The summed E-state index contributed by atoms with van der Waals surface area (Å²) in [6.45, 7) is 3.99. The molecule has 3 amide bonds. The standard InChI is InChI=1S/C19H18N6O.2C18H13F3N6O/c1-9-4-6-12-16(20)18(19(21)26)23-22-17(12)15(9)11-5-7-14-13(8-11)10(2)24-25(14)3;1-27-12-5-2-8(6-9(12)7-24-27)13-11(18(19,20)21)4-3-10-14(22)16(17(23)28)26-25-15(10)13;1-27-15-3-2-9(4-11(15)8-23-27)13-7-12(18(19,20)21)5-10-6-14(17(28)24-22)25-26-16(10)13/h4-8H,1-3H3,(H2,20,22)(H2,21,26);2-7H,1H3,(H2,22,25)(H2,23,28);2-8H,22H2,1H3,(H,24,28). The van der Waals surface area contributed by atoms with Crippen LogP contribution in [0.4, 0.5) is 37.7 Å². The van der Waals surface area contributed by atoms with E-state index in [1.54, 1.807) is 72.3 Å². The van der Waals surface area contributed by atoms with Crippen molar-refractivity contribution in [3.63, 3.8) is 0 Å². The third-order valence-corrected chi connectivity index (χ3v) is 13.7. The Labute approximate surface area is 457 Å². The average Bonchev–Trinajstić information content (AvgIpc) is 2.43. The van der Waals surface area contributed by atoms with E-state index in [0.717, 1.165) is 67.9 Å². The van der Waals surface area contributed by atoms with Crippen LogP contribution in [0.15, 0.2) is 109 Å². The van der Waals surface area contributed by atoms with Crippen LogP contribution in [-0.2, 0) is 33.5 Å². The molecular weight excluding hydrogens is 1070 g/mol. The highest BCUT2D eigenvalue weighted by molar-refractivity contribution is 6.10. The van der Waals surface area contributed by atoms with E-state index in [1.165, 1.54) is 12.1 Å². The van der Waals surface area contributed by atoms with Crippen LogP contribution in [0.1, 0.15) is 53.8 Å². The molecule has 0 fully saturated rings. The highest BCUT2D eigenvalue weighted by Gasteiger charge is 2.36. The summed E-state index contributed by atoms with van der Waals surface area (Å²) in [6, 6.07) is 25.3. The molecule has 0 saturated carbocycles. The maximum atomic E-state index is 13.7. The monoisotopic (exact) mass is 1120 g/mol. The minimum Gasteiger partial charge on any atom is -0.396 e. The topological polar surface area (TPSA) is 324 Å². The fourth-order valence-corrected chi connectivity index (χ4v) is 9.72. The number of amides is 3. The van der Waals surface area contributed by atoms with E-state index in [9.17, 15) is 40.7 Å². The number of carbonyl (C=O) groups is 3. The summed E-state index contributed by atoms with van der Waals surface area (Å²) in [6.07, 6.45) is -6.01. The van der Waals surface area contributed by atoms with E-state index in [2.05, 4.69) is 52.0 Å². The first-order valence-electron chi connectivity index (χ1n) is 24.3. The lowest BCUT2D eigenvalue weighted by atomic mass is 9.94. The summed E-state index contributed by atoms with van der Waals surface area (Å²) in [4.78, 5) is 34.6. The molecule has 0 spiro atoms. The number of hydrogen-bond donors (Lipinski definition) is 6. The number of hydrazine groups is 1. The second-order valence-electron chi connectivity index (χ2n) is 18.9. The van der Waals surface area contributed by atoms with E-state index >= 15 is 0 Å². The summed E-state index contributed by atoms with van der Waals surface area (Å²) in [5.74, 6) is 2.72. The van der Waals surface area contributed by atoms with Crippen LogP contribution in [0, 0.1) is 13.8 Å². The Morgan fingerprint density at radius 3 is 1.61 bits per heavy atom. The smallest absolute Gasteiger partial charge is 0.396 e. The SMILES string of the molecule is Cc1ccc2c(N)c(C(N)=O)nnc2c1-c1ccc2c(c1)c(C)nn2C.Cn1ncc2cc(-c3c(C(F)(F)F)ccc4c(N)c(C(N)=O)nnc34)ccc21.Cn1ncc2cc(-c3cc(C(F)(F)F)cc4cc(C(=O)NN)nnc34)ccc21. The molecule has 6 aromatic heterocycles. The van der Waals surface area contributed by atoms with E-state index in [-0.39, 0.29) is 67.0 Å². The van der Waals surface area contributed by atoms with E-state index in [4.69, 9.17) is 28.8 Å². The Balaban J connectivity index is 0.000000138. The molecule has 0 radical (unpaired) electrons. The third kappa shape index (κ3) is 9.84. The summed E-state index contributed by atoms with van der Waals surface area (Å²) in [5.41, 5.74) is 30.7. The fourth-order valence-electron chi connectivity index (χ4n) is 9.72. The maximum Gasteiger partial charge on any atom is 0.417 e. The van der Waals surface area contributed by atoms with Gasteiger partial charge in [0.25, 0.3) is 17.7 Å². The zero-order valence-corrected chi connectivity index (χ0v) is 43.6. The van der Waals surface area contributed by atoms with E-state index in [0.29, 0.717) is 21.9 Å². The quantitative estimate of drug-likeness (QED) is 0.0396. The van der Waals surface area contributed by atoms with Crippen LogP contribution in [0.2, 0.25) is 0 Å². The van der Waals surface area contributed by atoms with Crippen molar-refractivity contribution in [3.05, 3.63) is 149 Å². The number of nitrogens with zero attached hydrogens (tertiary/aromatic N) is 12. The Hall–Kier alpha value is -10.7. The van der Waals surface area contributed by atoms with E-state index in [1.807, 2.05) is 55.3 Å². The summed E-state index contributed by atoms with van der Waals surface area (Å²) in [7, 11) is 5.44. The molecule has 6 aromatic carbocycles. The number of halogens is 6. The molecule has 12 aromatic rings. The Kier molecular flexibility index (Phi) is 13.7. The van der Waals surface area contributed by atoms with Crippen molar-refractivity contribution in [1.29, 1.82) is 0 Å². The highest BCUT2D eigenvalue weighted by atomic mass is 19.4. The zero-order valence-electron chi connectivity index (χ0n) is 43.6. The lowest BCUT2D eigenvalue weighted by Gasteiger charge is -2.16. The van der Waals surface area contributed by atoms with E-state index < -0.39 is 41.2 Å². The lowest BCUT2D eigenvalue weighted by Crippen LogP contribution is -2.30. The van der Waals surface area contributed by atoms with Crippen LogP contribution in [0.25, 0.3) is 98.8 Å². The predicted octanol–water partition coefficient (Wildman–Crippen LogP) is 8.17. The highest BCUT2D eigenvalue weighted by Crippen LogP contribution is 2.43. The first-order valence-corrected chi connectivity index (χ1v) is 24.3. The molecule has 414 valence electrons. The molecule has 82 heavy (non-hydrogen) atoms. The Morgan fingerprint density at radius 2 is 1.05 bits per heavy atom. The fraction of sp³-hybridized carbons (Fsp3) is 0.127. The number of aryl methyl sites for hydroxylation is 5. The van der Waals surface area contributed by atoms with Gasteiger partial charge in [-0.2, -0.15) is 41.6 Å². The van der Waals surface area contributed by atoms with Gasteiger partial charge in [-0.25, -0.2) is 5.84 Å². The number of anilines is 2. The summed E-state index contributed by atoms with van der Waals surface area (Å²) in [5, 5.41) is 39.7. The number of hydrogen-bond acceptors (Lipinski definition) is 15. The number of alkyl halides is 6. The molecule has 0 aliphatic rings. The van der Waals surface area contributed by atoms with Gasteiger partial charge in [0, 0.05) is 70.2 Å². The molecule has 6 heterocycles. The minimum atomic E-state index is -4.63. The number of carbonyl (C=O) groups excluding carboxylic acids is 3. The van der Waals surface area contributed by atoms with Crippen LogP contribution in [0.5, 0.6) is 0 Å². The number of nitrogens with two attached hydrogens (primary N) is 5. The number of primary amides is 2. The van der Waals surface area contributed by atoms with Gasteiger partial charge in [0.1, 0.15) is 16.6 Å². The lowest BCUT2D eigenvalue weighted by molar-refractivity contribution is -0.138. The number of rotatable bonds is 6. The van der Waals surface area contributed by atoms with Crippen LogP contribution >= 0.6 is 0 Å². The van der Waals surface area contributed by atoms with Gasteiger partial charge in [0.15, 0.2) is 17.1 Å². The minimum absolute atomic E-state index is 0.00846. The predicted molar refractivity (Wildman–Crippen MR) is 295 cm³/mol. The van der Waals surface area contributed by atoms with Gasteiger partial charge in [-0.3, -0.25) is 33.9 Å². The average molecular weight is 1120 g/mol. The van der Waals surface area contributed by atoms with Crippen LogP contribution < -0.4 is 34.2 Å². The van der Waals surface area contributed by atoms with Crippen molar-refractivity contribution < 1.29 is 40.7 Å². The first-order chi connectivity index (χ1) is 38.8. The molecule has 0 aliphatic carbocycles. The molecule has 11 N–H and O–H groups in total. The van der Waals surface area contributed by atoms with Crippen molar-refractivity contribution in [2.45, 2.75) is 26.2 Å². The van der Waals surface area contributed by atoms with Gasteiger partial charge in [0.2, 0.25) is 0 Å². The van der Waals surface area contributed by atoms with Gasteiger partial charge in [-0.05, 0) is 103 Å². The maximum absolute atomic E-state index is 13.7. The van der Waals surface area contributed by atoms with Crippen molar-refractivity contribution in [1.82, 2.24) is 65.4 Å². The van der Waals surface area contributed by atoms with Gasteiger partial charge < -0.3 is 22.9 Å². The first kappa shape index (κ1) is 54.6. The molecule has 0 saturated heterocycles. The summed E-state index contributed by atoms with van der Waals surface area (Å²) < 4.78 is 86.6. The van der Waals surface area contributed by atoms with Gasteiger partial charge in [0.05, 0.1) is 57.1 Å². The molecule has 12 rings (SSSR count). The zero-order chi connectivity index (χ0) is 58.9. The second-order valence-corrected chi connectivity index (χ2v) is 18.9. The van der Waals surface area contributed by atoms with Gasteiger partial charge in [-0.1, -0.05) is 30.3 Å². The van der Waals surface area contributed by atoms with Crippen LogP contribution in [0.3, 0.4) is 0 Å². The Morgan fingerprint density at radius 1 is 0.524 bits per heavy atom. The molecule has 0 aliphatic heterocycles. The van der Waals surface area contributed by atoms with Crippen LogP contribution in [-0.4, -0.2) is 77.7 Å². The number of nitrogens with one attached hydrogen (secondary N) is 1. The van der Waals surface area contributed by atoms with Crippen molar-refractivity contribution >= 4 is 94.5 Å². The van der Waals surface area contributed by atoms with Gasteiger partial charge in [-0.15, -0.1) is 30.6 Å². The largest absolute Gasteiger partial charge is 0.417 e. The number of benzene rings is 6. The van der Waals surface area contributed by atoms with Crippen molar-refractivity contribution in [3.8, 4) is 33.4 Å². The van der Waals surface area contributed by atoms with Crippen molar-refractivity contribution in [2.75, 3.05) is 11.5 Å². The molecule has 0 bridgehead atoms. The normalized spacial score (nSPS) is 11.8. The number of fused-ring (bicyclic) bond motifs is 6. The second kappa shape index (κ2) is 20.5. The molecular formula is C55H44F6N18O3. The third-order valence-electron chi connectivity index (χ3n) is 13.7. The number of nitrogen functional groups attached to an aromatic ring is 3. The molecule has 0 atom stereocenters. The van der Waals surface area contributed by atoms with Gasteiger partial charge >= 0.3 is 12.4 Å². The Bertz CT molecular complexity index is 4630. The molecule has 0 unspecified atom stereocenters.